The first-order valence-corrected chi connectivity index (χ1v) is 17.6. The Hall–Kier alpha value is -1.68. The number of benzene rings is 2. The van der Waals surface area contributed by atoms with Crippen LogP contribution in [0.4, 0.5) is 0 Å². The van der Waals surface area contributed by atoms with Crippen LogP contribution in [0.5, 0.6) is 0 Å². The Balaban J connectivity index is 0.000000212. The van der Waals surface area contributed by atoms with Crippen LogP contribution in [0, 0.1) is 0 Å². The molecule has 0 N–H and O–H groups in total. The molecule has 0 saturated carbocycles. The summed E-state index contributed by atoms with van der Waals surface area (Å²) in [6, 6.07) is 14.5. The molecule has 5 rings (SSSR count). The van der Waals surface area contributed by atoms with E-state index < -0.39 is 0 Å². The van der Waals surface area contributed by atoms with Crippen molar-refractivity contribution in [1.82, 2.24) is 0 Å². The van der Waals surface area contributed by atoms with E-state index in [1.54, 1.807) is 0 Å². The summed E-state index contributed by atoms with van der Waals surface area (Å²) in [5.41, 5.74) is 4.64. The predicted octanol–water partition coefficient (Wildman–Crippen LogP) is 13.9. The monoisotopic (exact) mass is 590 g/mol. The van der Waals surface area contributed by atoms with Crippen molar-refractivity contribution in [3.05, 3.63) is 67.7 Å². The van der Waals surface area contributed by atoms with Crippen LogP contribution in [0.25, 0.3) is 30.3 Å². The van der Waals surface area contributed by atoms with Gasteiger partial charge in [-0.05, 0) is 69.9 Å². The van der Waals surface area contributed by atoms with Gasteiger partial charge in [0.25, 0.3) is 0 Å². The lowest BCUT2D eigenvalue weighted by atomic mass is 9.90. The van der Waals surface area contributed by atoms with Crippen LogP contribution in [-0.2, 0) is 5.41 Å². The van der Waals surface area contributed by atoms with Gasteiger partial charge in [0.2, 0.25) is 0 Å². The Morgan fingerprint density at radius 2 is 0.750 bits per heavy atom. The van der Waals surface area contributed by atoms with Crippen LogP contribution >= 0.6 is 34.0 Å². The third-order valence-electron chi connectivity index (χ3n) is 7.85. The molecule has 0 unspecified atom stereocenters. The van der Waals surface area contributed by atoms with E-state index in [-0.39, 0.29) is 5.41 Å². The third kappa shape index (κ3) is 6.37. The van der Waals surface area contributed by atoms with Crippen molar-refractivity contribution in [3.63, 3.8) is 0 Å². The minimum Gasteiger partial charge on any atom is -0.139 e. The minimum atomic E-state index is 0.206. The summed E-state index contributed by atoms with van der Waals surface area (Å²) in [6.07, 6.45) is 0. The smallest absolute Gasteiger partial charge is 0.0447 e. The van der Waals surface area contributed by atoms with Crippen LogP contribution in [0.1, 0.15) is 151 Å². The van der Waals surface area contributed by atoms with E-state index in [1.807, 2.05) is 34.0 Å². The lowest BCUT2D eigenvalue weighted by Crippen LogP contribution is -2.07. The van der Waals surface area contributed by atoms with Gasteiger partial charge in [0.15, 0.2) is 0 Å². The highest BCUT2D eigenvalue weighted by atomic mass is 32.1. The zero-order valence-electron chi connectivity index (χ0n) is 27.1. The maximum atomic E-state index is 2.47. The molecular weight excluding hydrogens is 541 g/mol. The third-order valence-corrected chi connectivity index (χ3v) is 12.4. The normalized spacial score (nSPS) is 12.8. The van der Waals surface area contributed by atoms with Crippen molar-refractivity contribution >= 4 is 64.3 Å². The standard InChI is InChI=1S/C22H26S3.C15H24/c1-11(2)16-8-13-19-14(9-17(23-19)12(3)4)21-15(20(13)24-16)10-18(25-21)22(5,6)7;1-10(2)13-7-14(11(3)4)9-15(8-13)12(5)6/h8-12H,1-7H3;7-12H,1-6H3. The highest BCUT2D eigenvalue weighted by Crippen LogP contribution is 2.49. The lowest BCUT2D eigenvalue weighted by Gasteiger charge is -2.16. The van der Waals surface area contributed by atoms with Crippen LogP contribution in [0.3, 0.4) is 0 Å². The van der Waals surface area contributed by atoms with E-state index in [0.29, 0.717) is 29.6 Å². The Bertz CT molecular complexity index is 1460. The van der Waals surface area contributed by atoms with Gasteiger partial charge in [0.05, 0.1) is 0 Å². The molecule has 0 spiro atoms. The molecule has 0 aliphatic carbocycles. The first-order chi connectivity index (χ1) is 18.6. The maximum Gasteiger partial charge on any atom is 0.0447 e. The second kappa shape index (κ2) is 11.9. The molecule has 0 aliphatic heterocycles. The molecule has 0 fully saturated rings. The van der Waals surface area contributed by atoms with Gasteiger partial charge in [-0.2, -0.15) is 0 Å². The van der Waals surface area contributed by atoms with Crippen molar-refractivity contribution in [2.45, 2.75) is 125 Å². The summed E-state index contributed by atoms with van der Waals surface area (Å²) in [5, 5.41) is 4.43. The molecule has 2 aromatic carbocycles. The van der Waals surface area contributed by atoms with Crippen molar-refractivity contribution in [2.75, 3.05) is 0 Å². The SMILES string of the molecule is CC(C)c1cc(C(C)C)cc(C(C)C)c1.CC(C)c1cc2c(s1)c1cc(C(C)C)sc1c1cc(C(C)(C)C)sc21. The second-order valence-corrected chi connectivity index (χ2v) is 17.3. The van der Waals surface area contributed by atoms with Gasteiger partial charge < -0.3 is 0 Å². The molecule has 216 valence electrons. The number of rotatable bonds is 5. The van der Waals surface area contributed by atoms with Crippen LogP contribution in [0.2, 0.25) is 0 Å². The number of hydrogen-bond acceptors (Lipinski definition) is 3. The molecule has 40 heavy (non-hydrogen) atoms. The fraction of sp³-hybridized carbons (Fsp3) is 0.514. The minimum absolute atomic E-state index is 0.206. The molecule has 0 nitrogen and oxygen atoms in total. The predicted molar refractivity (Wildman–Crippen MR) is 188 cm³/mol. The molecule has 0 atom stereocenters. The average Bonchev–Trinajstić information content (AvgIpc) is 3.59. The van der Waals surface area contributed by atoms with Gasteiger partial charge in [-0.1, -0.05) is 108 Å². The molecule has 0 aliphatic rings. The summed E-state index contributed by atoms with van der Waals surface area (Å²) in [4.78, 5) is 4.51. The van der Waals surface area contributed by atoms with Crippen LogP contribution < -0.4 is 0 Å². The van der Waals surface area contributed by atoms with Gasteiger partial charge >= 0.3 is 0 Å². The first-order valence-electron chi connectivity index (χ1n) is 15.2. The van der Waals surface area contributed by atoms with Gasteiger partial charge in [-0.15, -0.1) is 34.0 Å². The molecule has 0 saturated heterocycles. The van der Waals surface area contributed by atoms with Gasteiger partial charge in [0.1, 0.15) is 0 Å². The summed E-state index contributed by atoms with van der Waals surface area (Å²) < 4.78 is 4.49. The van der Waals surface area contributed by atoms with Crippen molar-refractivity contribution in [3.8, 4) is 0 Å². The van der Waals surface area contributed by atoms with E-state index in [0.717, 1.165) is 0 Å². The molecule has 0 bridgehead atoms. The fourth-order valence-electron chi connectivity index (χ4n) is 4.96. The molecule has 0 radical (unpaired) electrons. The van der Waals surface area contributed by atoms with Crippen molar-refractivity contribution < 1.29 is 0 Å². The molecular formula is C37H50S3. The Labute approximate surface area is 255 Å². The Kier molecular flexibility index (Phi) is 9.30. The van der Waals surface area contributed by atoms with E-state index >= 15 is 0 Å². The Morgan fingerprint density at radius 1 is 0.425 bits per heavy atom. The Morgan fingerprint density at radius 3 is 1.05 bits per heavy atom. The largest absolute Gasteiger partial charge is 0.139 e. The molecule has 3 heterocycles. The van der Waals surface area contributed by atoms with Crippen molar-refractivity contribution in [1.29, 1.82) is 0 Å². The molecule has 3 heteroatoms. The number of hydrogen-bond donors (Lipinski definition) is 0. The maximum absolute atomic E-state index is 2.47. The summed E-state index contributed by atoms with van der Waals surface area (Å²) in [6.45, 7) is 29.8. The molecule has 5 aromatic rings. The first kappa shape index (κ1) is 31.3. The van der Waals surface area contributed by atoms with E-state index in [2.05, 4.69) is 126 Å². The fourth-order valence-corrected chi connectivity index (χ4v) is 8.78. The van der Waals surface area contributed by atoms with E-state index in [4.69, 9.17) is 0 Å². The summed E-state index contributed by atoms with van der Waals surface area (Å²) in [5.74, 6) is 3.06. The lowest BCUT2D eigenvalue weighted by molar-refractivity contribution is 0.604. The quantitative estimate of drug-likeness (QED) is 0.191. The van der Waals surface area contributed by atoms with Crippen molar-refractivity contribution in [2.24, 2.45) is 0 Å². The second-order valence-electron chi connectivity index (χ2n) is 14.1. The molecule has 3 aromatic heterocycles. The van der Waals surface area contributed by atoms with Gasteiger partial charge in [-0.3, -0.25) is 0 Å². The van der Waals surface area contributed by atoms with E-state index in [1.165, 1.54) is 61.6 Å². The van der Waals surface area contributed by atoms with Gasteiger partial charge in [-0.25, -0.2) is 0 Å². The molecule has 0 amide bonds. The van der Waals surface area contributed by atoms with Gasteiger partial charge in [0, 0.05) is 44.9 Å². The highest BCUT2D eigenvalue weighted by Gasteiger charge is 2.22. The number of thiophene rings is 3. The number of fused-ring (bicyclic) bond motifs is 6. The zero-order valence-corrected chi connectivity index (χ0v) is 29.5. The van der Waals surface area contributed by atoms with Crippen LogP contribution in [0.15, 0.2) is 36.4 Å². The average molecular weight is 591 g/mol. The van der Waals surface area contributed by atoms with Crippen LogP contribution in [-0.4, -0.2) is 0 Å². The highest BCUT2D eigenvalue weighted by molar-refractivity contribution is 7.27. The summed E-state index contributed by atoms with van der Waals surface area (Å²) in [7, 11) is 0. The zero-order chi connectivity index (χ0) is 29.7. The van der Waals surface area contributed by atoms with E-state index in [9.17, 15) is 0 Å². The summed E-state index contributed by atoms with van der Waals surface area (Å²) >= 11 is 6.01. The topological polar surface area (TPSA) is 0 Å².